The molecule has 3 aromatic rings. The molecule has 2 heterocycles. The van der Waals surface area contributed by atoms with Gasteiger partial charge >= 0.3 is 0 Å². The van der Waals surface area contributed by atoms with E-state index in [4.69, 9.17) is 23.2 Å². The summed E-state index contributed by atoms with van der Waals surface area (Å²) in [5.74, 6) is 1.41. The van der Waals surface area contributed by atoms with Crippen LogP contribution in [0.2, 0.25) is 10.0 Å². The van der Waals surface area contributed by atoms with Crippen molar-refractivity contribution in [1.82, 2.24) is 4.57 Å². The zero-order valence-electron chi connectivity index (χ0n) is 14.1. The van der Waals surface area contributed by atoms with Gasteiger partial charge in [0.2, 0.25) is 0 Å². The standard InChI is InChI=1S/C21H21Cl2N2/c22-18-9-5-16(6-10-18)14-24-15-20(17-7-11-19(23)12-8-17)25-13-3-1-2-4-21(24)25/h5-12,15H,1-4,13-14H2/q+1. The fourth-order valence-corrected chi connectivity index (χ4v) is 3.87. The first-order valence-corrected chi connectivity index (χ1v) is 9.58. The molecule has 0 aliphatic carbocycles. The molecule has 4 heteroatoms. The first kappa shape index (κ1) is 16.7. The Morgan fingerprint density at radius 1 is 0.840 bits per heavy atom. The average molecular weight is 372 g/mol. The van der Waals surface area contributed by atoms with Crippen LogP contribution >= 0.6 is 23.2 Å². The van der Waals surface area contributed by atoms with Crippen molar-refractivity contribution in [1.29, 1.82) is 0 Å². The molecular weight excluding hydrogens is 351 g/mol. The lowest BCUT2D eigenvalue weighted by Crippen LogP contribution is -2.37. The molecule has 0 unspecified atom stereocenters. The highest BCUT2D eigenvalue weighted by Crippen LogP contribution is 2.25. The maximum Gasteiger partial charge on any atom is 0.257 e. The molecular formula is C21H21Cl2N2+. The smallest absolute Gasteiger partial charge is 0.229 e. The number of halogens is 2. The molecule has 0 fully saturated rings. The zero-order chi connectivity index (χ0) is 17.2. The Bertz CT molecular complexity index is 864. The molecule has 128 valence electrons. The van der Waals surface area contributed by atoms with E-state index in [1.807, 2.05) is 24.3 Å². The van der Waals surface area contributed by atoms with Crippen LogP contribution in [0.25, 0.3) is 11.3 Å². The summed E-state index contributed by atoms with van der Waals surface area (Å²) < 4.78 is 4.89. The Morgan fingerprint density at radius 3 is 2.24 bits per heavy atom. The van der Waals surface area contributed by atoms with Gasteiger partial charge in [-0.05, 0) is 61.2 Å². The van der Waals surface area contributed by atoms with Crippen LogP contribution < -0.4 is 4.57 Å². The van der Waals surface area contributed by atoms with Crippen molar-refractivity contribution in [3.8, 4) is 11.3 Å². The molecule has 25 heavy (non-hydrogen) atoms. The summed E-state index contributed by atoms with van der Waals surface area (Å²) in [4.78, 5) is 0. The monoisotopic (exact) mass is 371 g/mol. The van der Waals surface area contributed by atoms with E-state index in [1.54, 1.807) is 0 Å². The summed E-state index contributed by atoms with van der Waals surface area (Å²) in [7, 11) is 0. The predicted octanol–water partition coefficient (Wildman–Crippen LogP) is 5.52. The summed E-state index contributed by atoms with van der Waals surface area (Å²) in [6.07, 6.45) is 7.20. The number of rotatable bonds is 3. The normalized spacial score (nSPS) is 14.2. The van der Waals surface area contributed by atoms with Crippen molar-refractivity contribution < 1.29 is 4.57 Å². The number of hydrogen-bond donors (Lipinski definition) is 0. The molecule has 2 nitrogen and oxygen atoms in total. The first-order valence-electron chi connectivity index (χ1n) is 8.83. The van der Waals surface area contributed by atoms with Crippen molar-refractivity contribution in [3.05, 3.63) is 76.2 Å². The van der Waals surface area contributed by atoms with Gasteiger partial charge in [0.05, 0.1) is 6.54 Å². The molecule has 0 N–H and O–H groups in total. The maximum atomic E-state index is 6.07. The second-order valence-electron chi connectivity index (χ2n) is 6.65. The minimum Gasteiger partial charge on any atom is -0.229 e. The molecule has 0 radical (unpaired) electrons. The molecule has 0 atom stereocenters. The van der Waals surface area contributed by atoms with Gasteiger partial charge in [-0.3, -0.25) is 0 Å². The lowest BCUT2D eigenvalue weighted by atomic mass is 10.1. The first-order chi connectivity index (χ1) is 12.2. The van der Waals surface area contributed by atoms with Crippen molar-refractivity contribution >= 4 is 23.2 Å². The summed E-state index contributed by atoms with van der Waals surface area (Å²) in [6.45, 7) is 1.96. The van der Waals surface area contributed by atoms with E-state index >= 15 is 0 Å². The molecule has 2 aromatic carbocycles. The largest absolute Gasteiger partial charge is 0.257 e. The number of aromatic nitrogens is 2. The van der Waals surface area contributed by atoms with E-state index in [0.717, 1.165) is 29.6 Å². The van der Waals surface area contributed by atoms with Crippen molar-refractivity contribution in [2.45, 2.75) is 38.8 Å². The van der Waals surface area contributed by atoms with Gasteiger partial charge in [-0.2, -0.15) is 0 Å². The van der Waals surface area contributed by atoms with E-state index < -0.39 is 0 Å². The highest BCUT2D eigenvalue weighted by Gasteiger charge is 2.25. The van der Waals surface area contributed by atoms with Crippen LogP contribution in [0.4, 0.5) is 0 Å². The Morgan fingerprint density at radius 2 is 1.52 bits per heavy atom. The third kappa shape index (κ3) is 3.61. The topological polar surface area (TPSA) is 8.81 Å². The van der Waals surface area contributed by atoms with Gasteiger partial charge in [-0.15, -0.1) is 0 Å². The molecule has 0 amide bonds. The second-order valence-corrected chi connectivity index (χ2v) is 7.53. The Kier molecular flexibility index (Phi) is 4.82. The van der Waals surface area contributed by atoms with Crippen LogP contribution in [0.5, 0.6) is 0 Å². The van der Waals surface area contributed by atoms with Crippen molar-refractivity contribution in [2.75, 3.05) is 0 Å². The van der Waals surface area contributed by atoms with Gasteiger partial charge in [0, 0.05) is 22.0 Å². The Balaban J connectivity index is 1.76. The van der Waals surface area contributed by atoms with Crippen molar-refractivity contribution in [3.63, 3.8) is 0 Å². The van der Waals surface area contributed by atoms with E-state index in [9.17, 15) is 0 Å². The number of benzene rings is 2. The molecule has 1 aliphatic rings. The second kappa shape index (κ2) is 7.23. The summed E-state index contributed by atoms with van der Waals surface area (Å²) >= 11 is 12.1. The zero-order valence-corrected chi connectivity index (χ0v) is 15.6. The van der Waals surface area contributed by atoms with Crippen LogP contribution in [-0.2, 0) is 19.5 Å². The molecule has 1 aliphatic heterocycles. The highest BCUT2D eigenvalue weighted by molar-refractivity contribution is 6.30. The molecule has 0 saturated carbocycles. The van der Waals surface area contributed by atoms with Gasteiger partial charge < -0.3 is 0 Å². The molecule has 0 saturated heterocycles. The van der Waals surface area contributed by atoms with Gasteiger partial charge in [-0.1, -0.05) is 35.3 Å². The minimum absolute atomic E-state index is 0.778. The maximum absolute atomic E-state index is 6.07. The van der Waals surface area contributed by atoms with Crippen molar-refractivity contribution in [2.24, 2.45) is 0 Å². The van der Waals surface area contributed by atoms with Crippen LogP contribution in [-0.4, -0.2) is 4.57 Å². The third-order valence-corrected chi connectivity index (χ3v) is 5.40. The van der Waals surface area contributed by atoms with E-state index in [0.29, 0.717) is 0 Å². The van der Waals surface area contributed by atoms with Gasteiger partial charge in [0.15, 0.2) is 5.69 Å². The predicted molar refractivity (Wildman–Crippen MR) is 103 cm³/mol. The van der Waals surface area contributed by atoms with Crippen LogP contribution in [0.3, 0.4) is 0 Å². The summed E-state index contributed by atoms with van der Waals surface area (Å²) in [6, 6.07) is 16.3. The fraction of sp³-hybridized carbons (Fsp3) is 0.286. The van der Waals surface area contributed by atoms with E-state index in [-0.39, 0.29) is 0 Å². The lowest BCUT2D eigenvalue weighted by molar-refractivity contribution is -0.695. The highest BCUT2D eigenvalue weighted by atomic mass is 35.5. The van der Waals surface area contributed by atoms with Crippen LogP contribution in [0, 0.1) is 0 Å². The Hall–Kier alpha value is -1.77. The lowest BCUT2D eigenvalue weighted by Gasteiger charge is -2.03. The number of nitrogens with zero attached hydrogens (tertiary/aromatic N) is 2. The quantitative estimate of drug-likeness (QED) is 0.535. The molecule has 1 aromatic heterocycles. The van der Waals surface area contributed by atoms with Gasteiger partial charge in [0.25, 0.3) is 5.82 Å². The molecule has 0 spiro atoms. The number of fused-ring (bicyclic) bond motifs is 1. The number of hydrogen-bond acceptors (Lipinski definition) is 0. The van der Waals surface area contributed by atoms with Gasteiger partial charge in [0.1, 0.15) is 12.7 Å². The van der Waals surface area contributed by atoms with Gasteiger partial charge in [-0.25, -0.2) is 9.13 Å². The van der Waals surface area contributed by atoms with E-state index in [2.05, 4.69) is 39.6 Å². The SMILES string of the molecule is Clc1ccc(C[n+]2cc(-c3ccc(Cl)cc3)n3c2CCCCC3)cc1. The summed E-state index contributed by atoms with van der Waals surface area (Å²) in [5, 5.41) is 1.56. The van der Waals surface area contributed by atoms with Crippen LogP contribution in [0.15, 0.2) is 54.7 Å². The summed E-state index contributed by atoms with van der Waals surface area (Å²) in [5.41, 5.74) is 3.78. The minimum atomic E-state index is 0.778. The molecule has 4 rings (SSSR count). The fourth-order valence-electron chi connectivity index (χ4n) is 3.62. The molecule has 0 bridgehead atoms. The average Bonchev–Trinajstić information content (AvgIpc) is 2.80. The third-order valence-electron chi connectivity index (χ3n) is 4.90. The number of imidazole rings is 1. The van der Waals surface area contributed by atoms with E-state index in [1.165, 1.54) is 41.9 Å². The Labute approximate surface area is 158 Å². The van der Waals surface area contributed by atoms with Crippen LogP contribution in [0.1, 0.15) is 30.7 Å².